The largest absolute Gasteiger partial charge is 0.115 e. The van der Waals surface area contributed by atoms with Crippen LogP contribution in [0.5, 0.6) is 0 Å². The molecule has 1 aromatic rings. The summed E-state index contributed by atoms with van der Waals surface area (Å²) >= 11 is 0. The average molecular weight is 168 g/mol. The molecule has 1 aliphatic carbocycles. The fraction of sp³-hybridized carbons (Fsp3) is 0.231. The number of terminal acetylenes is 1. The zero-order valence-electron chi connectivity index (χ0n) is 7.80. The van der Waals surface area contributed by atoms with Gasteiger partial charge in [0.1, 0.15) is 0 Å². The molecule has 13 heavy (non-hydrogen) atoms. The van der Waals surface area contributed by atoms with E-state index in [2.05, 4.69) is 37.1 Å². The highest BCUT2D eigenvalue weighted by molar-refractivity contribution is 5.63. The van der Waals surface area contributed by atoms with Crippen LogP contribution in [-0.4, -0.2) is 0 Å². The second kappa shape index (κ2) is 3.11. The number of hydrogen-bond donors (Lipinski definition) is 0. The predicted molar refractivity (Wildman–Crippen MR) is 56.3 cm³/mol. The van der Waals surface area contributed by atoms with Gasteiger partial charge in [0, 0.05) is 5.56 Å². The van der Waals surface area contributed by atoms with Crippen LogP contribution in [0.1, 0.15) is 29.5 Å². The van der Waals surface area contributed by atoms with E-state index >= 15 is 0 Å². The van der Waals surface area contributed by atoms with Crippen molar-refractivity contribution < 1.29 is 0 Å². The van der Waals surface area contributed by atoms with Crippen LogP contribution in [0, 0.1) is 19.3 Å². The lowest BCUT2D eigenvalue weighted by atomic mass is 10.0. The SMILES string of the molecule is C#Cc1cc(C)ccc1C=C1CC1. The van der Waals surface area contributed by atoms with Gasteiger partial charge in [-0.25, -0.2) is 0 Å². The molecule has 0 amide bonds. The summed E-state index contributed by atoms with van der Waals surface area (Å²) in [6.45, 7) is 2.06. The van der Waals surface area contributed by atoms with Crippen LogP contribution in [0.2, 0.25) is 0 Å². The van der Waals surface area contributed by atoms with Gasteiger partial charge >= 0.3 is 0 Å². The zero-order chi connectivity index (χ0) is 9.26. The molecule has 0 N–H and O–H groups in total. The lowest BCUT2D eigenvalue weighted by molar-refractivity contribution is 1.44. The highest BCUT2D eigenvalue weighted by Crippen LogP contribution is 2.30. The lowest BCUT2D eigenvalue weighted by Gasteiger charge is -1.99. The van der Waals surface area contributed by atoms with E-state index in [1.54, 1.807) is 0 Å². The van der Waals surface area contributed by atoms with Crippen LogP contribution in [0.25, 0.3) is 6.08 Å². The van der Waals surface area contributed by atoms with Gasteiger partial charge in [-0.2, -0.15) is 0 Å². The highest BCUT2D eigenvalue weighted by atomic mass is 14.2. The Labute approximate surface area is 79.3 Å². The summed E-state index contributed by atoms with van der Waals surface area (Å²) in [5.74, 6) is 2.72. The van der Waals surface area contributed by atoms with Crippen LogP contribution in [0.15, 0.2) is 23.8 Å². The molecule has 0 radical (unpaired) electrons. The van der Waals surface area contributed by atoms with Crippen molar-refractivity contribution in [2.24, 2.45) is 0 Å². The molecule has 0 heteroatoms. The number of rotatable bonds is 1. The number of hydrogen-bond acceptors (Lipinski definition) is 0. The summed E-state index contributed by atoms with van der Waals surface area (Å²) in [5.41, 5.74) is 4.95. The van der Waals surface area contributed by atoms with Crippen molar-refractivity contribution >= 4 is 6.08 Å². The molecule has 0 atom stereocenters. The molecular formula is C13H12. The minimum Gasteiger partial charge on any atom is -0.115 e. The molecule has 0 bridgehead atoms. The van der Waals surface area contributed by atoms with Gasteiger partial charge in [0.15, 0.2) is 0 Å². The van der Waals surface area contributed by atoms with Crippen LogP contribution in [0.3, 0.4) is 0 Å². The van der Waals surface area contributed by atoms with Crippen molar-refractivity contribution in [3.05, 3.63) is 40.5 Å². The van der Waals surface area contributed by atoms with Crippen LogP contribution in [0.4, 0.5) is 0 Å². The fourth-order valence-electron chi connectivity index (χ4n) is 1.36. The third-order valence-corrected chi connectivity index (χ3v) is 2.26. The van der Waals surface area contributed by atoms with Gasteiger partial charge in [-0.3, -0.25) is 0 Å². The molecule has 0 spiro atoms. The van der Waals surface area contributed by atoms with Gasteiger partial charge in [0.25, 0.3) is 0 Å². The summed E-state index contributed by atoms with van der Waals surface area (Å²) in [7, 11) is 0. The molecule has 0 nitrogen and oxygen atoms in total. The van der Waals surface area contributed by atoms with E-state index in [4.69, 9.17) is 6.42 Å². The Morgan fingerprint density at radius 1 is 1.38 bits per heavy atom. The van der Waals surface area contributed by atoms with Gasteiger partial charge in [0.05, 0.1) is 0 Å². The highest BCUT2D eigenvalue weighted by Gasteiger charge is 2.11. The molecule has 1 saturated carbocycles. The molecule has 0 aromatic heterocycles. The van der Waals surface area contributed by atoms with E-state index in [0.29, 0.717) is 0 Å². The monoisotopic (exact) mass is 168 g/mol. The Morgan fingerprint density at radius 3 is 2.77 bits per heavy atom. The molecule has 1 aromatic carbocycles. The Kier molecular flexibility index (Phi) is 1.94. The molecule has 0 aliphatic heterocycles. The predicted octanol–water partition coefficient (Wildman–Crippen LogP) is 3.15. The molecule has 2 rings (SSSR count). The first-order valence-electron chi connectivity index (χ1n) is 4.56. The number of aryl methyl sites for hydroxylation is 1. The van der Waals surface area contributed by atoms with Crippen LogP contribution in [-0.2, 0) is 0 Å². The summed E-state index contributed by atoms with van der Waals surface area (Å²) in [6.07, 6.45) is 10.1. The topological polar surface area (TPSA) is 0 Å². The molecule has 1 aliphatic rings. The van der Waals surface area contributed by atoms with Crippen molar-refractivity contribution in [1.82, 2.24) is 0 Å². The Balaban J connectivity index is 2.45. The van der Waals surface area contributed by atoms with Crippen LogP contribution >= 0.6 is 0 Å². The first kappa shape index (κ1) is 8.13. The molecule has 0 heterocycles. The average Bonchev–Trinajstić information content (AvgIpc) is 2.92. The summed E-state index contributed by atoms with van der Waals surface area (Å²) in [6, 6.07) is 6.28. The van der Waals surface area contributed by atoms with E-state index < -0.39 is 0 Å². The Bertz CT molecular complexity index is 397. The van der Waals surface area contributed by atoms with Gasteiger partial charge in [-0.1, -0.05) is 29.7 Å². The fourth-order valence-corrected chi connectivity index (χ4v) is 1.36. The van der Waals surface area contributed by atoms with E-state index in [-0.39, 0.29) is 0 Å². The second-order valence-electron chi connectivity index (χ2n) is 3.54. The van der Waals surface area contributed by atoms with Crippen molar-refractivity contribution in [1.29, 1.82) is 0 Å². The zero-order valence-corrected chi connectivity index (χ0v) is 7.80. The van der Waals surface area contributed by atoms with Crippen molar-refractivity contribution in [3.8, 4) is 12.3 Å². The van der Waals surface area contributed by atoms with Gasteiger partial charge < -0.3 is 0 Å². The van der Waals surface area contributed by atoms with Crippen LogP contribution < -0.4 is 0 Å². The van der Waals surface area contributed by atoms with Gasteiger partial charge in [0.2, 0.25) is 0 Å². The van der Waals surface area contributed by atoms with E-state index in [1.165, 1.54) is 29.5 Å². The minimum atomic E-state index is 1.01. The third-order valence-electron chi connectivity index (χ3n) is 2.26. The summed E-state index contributed by atoms with van der Waals surface area (Å²) < 4.78 is 0. The van der Waals surface area contributed by atoms with Gasteiger partial charge in [-0.15, -0.1) is 6.42 Å². The first-order chi connectivity index (χ1) is 6.29. The minimum absolute atomic E-state index is 1.01. The van der Waals surface area contributed by atoms with Crippen molar-refractivity contribution in [3.63, 3.8) is 0 Å². The molecule has 64 valence electrons. The second-order valence-corrected chi connectivity index (χ2v) is 3.54. The maximum Gasteiger partial charge on any atom is 0.0317 e. The molecule has 0 unspecified atom stereocenters. The Hall–Kier alpha value is -1.48. The first-order valence-corrected chi connectivity index (χ1v) is 4.56. The smallest absolute Gasteiger partial charge is 0.0317 e. The summed E-state index contributed by atoms with van der Waals surface area (Å²) in [5, 5.41) is 0. The molecular weight excluding hydrogens is 156 g/mol. The molecule has 1 fully saturated rings. The maximum atomic E-state index is 5.44. The molecule has 0 saturated heterocycles. The van der Waals surface area contributed by atoms with E-state index in [9.17, 15) is 0 Å². The summed E-state index contributed by atoms with van der Waals surface area (Å²) in [4.78, 5) is 0. The lowest BCUT2D eigenvalue weighted by Crippen LogP contribution is -1.83. The van der Waals surface area contributed by atoms with Crippen molar-refractivity contribution in [2.45, 2.75) is 19.8 Å². The number of allylic oxidation sites excluding steroid dienone is 1. The van der Waals surface area contributed by atoms with E-state index in [0.717, 1.165) is 5.56 Å². The van der Waals surface area contributed by atoms with E-state index in [1.807, 2.05) is 0 Å². The number of benzene rings is 1. The van der Waals surface area contributed by atoms with Gasteiger partial charge in [-0.05, 0) is 37.0 Å². The standard InChI is InChI=1S/C13H12/c1-3-12-8-10(2)4-7-13(12)9-11-5-6-11/h1,4,7-9H,5-6H2,2H3. The maximum absolute atomic E-state index is 5.44. The normalized spacial score (nSPS) is 13.7. The van der Waals surface area contributed by atoms with Crippen molar-refractivity contribution in [2.75, 3.05) is 0 Å². The Morgan fingerprint density at radius 2 is 2.15 bits per heavy atom. The quantitative estimate of drug-likeness (QED) is 0.565. The third kappa shape index (κ3) is 1.81.